The molecule has 0 spiro atoms. The molecule has 1 aromatic carbocycles. The van der Waals surface area contributed by atoms with Gasteiger partial charge in [0.05, 0.1) is 16.8 Å². The van der Waals surface area contributed by atoms with Gasteiger partial charge in [-0.2, -0.15) is 5.26 Å². The number of rotatable bonds is 6. The van der Waals surface area contributed by atoms with Gasteiger partial charge < -0.3 is 10.2 Å². The molecule has 2 aromatic heterocycles. The van der Waals surface area contributed by atoms with Crippen LogP contribution in [0.15, 0.2) is 42.9 Å². The van der Waals surface area contributed by atoms with Gasteiger partial charge >= 0.3 is 0 Å². The summed E-state index contributed by atoms with van der Waals surface area (Å²) in [6, 6.07) is 9.61. The van der Waals surface area contributed by atoms with Gasteiger partial charge in [-0.05, 0) is 37.2 Å². The van der Waals surface area contributed by atoms with Gasteiger partial charge in [-0.3, -0.25) is 9.88 Å². The first kappa shape index (κ1) is 19.4. The highest BCUT2D eigenvalue weighted by Gasteiger charge is 2.18. The molecule has 1 aliphatic heterocycles. The minimum Gasteiger partial charge on any atom is -0.383 e. The van der Waals surface area contributed by atoms with Crippen LogP contribution < -0.4 is 10.2 Å². The summed E-state index contributed by atoms with van der Waals surface area (Å²) in [6.45, 7) is 5.64. The van der Waals surface area contributed by atoms with Gasteiger partial charge in [0.2, 0.25) is 5.95 Å². The number of hydrogen-bond acceptors (Lipinski definition) is 7. The minimum atomic E-state index is 0.538. The molecule has 8 heteroatoms. The van der Waals surface area contributed by atoms with Crippen LogP contribution >= 0.6 is 11.6 Å². The van der Waals surface area contributed by atoms with Crippen LogP contribution in [0.5, 0.6) is 0 Å². The summed E-state index contributed by atoms with van der Waals surface area (Å²) in [5.41, 5.74) is 2.18. The maximum absolute atomic E-state index is 9.44. The van der Waals surface area contributed by atoms with E-state index in [-0.39, 0.29) is 0 Å². The molecular formula is C21H22ClN7. The molecular weight excluding hydrogens is 386 g/mol. The zero-order valence-electron chi connectivity index (χ0n) is 16.1. The van der Waals surface area contributed by atoms with Crippen molar-refractivity contribution in [3.05, 3.63) is 53.4 Å². The Labute approximate surface area is 175 Å². The first-order chi connectivity index (χ1) is 14.2. The summed E-state index contributed by atoms with van der Waals surface area (Å²) >= 11 is 6.15. The number of hydrogen-bond donors (Lipinski definition) is 1. The predicted octanol–water partition coefficient (Wildman–Crippen LogP) is 3.17. The Bertz CT molecular complexity index is 1010. The van der Waals surface area contributed by atoms with Crippen LogP contribution in [0.2, 0.25) is 5.02 Å². The summed E-state index contributed by atoms with van der Waals surface area (Å²) in [5, 5.41) is 14.4. The molecule has 1 aliphatic rings. The molecule has 29 heavy (non-hydrogen) atoms. The summed E-state index contributed by atoms with van der Waals surface area (Å²) in [7, 11) is 0. The lowest BCUT2D eigenvalue weighted by Gasteiger charge is -2.34. The number of anilines is 2. The fraction of sp³-hybridized carbons (Fsp3) is 0.333. The number of halogens is 1. The number of nitrogens with zero attached hydrogens (tertiary/aromatic N) is 6. The predicted molar refractivity (Wildman–Crippen MR) is 115 cm³/mol. The van der Waals surface area contributed by atoms with E-state index in [0.717, 1.165) is 68.2 Å². The Morgan fingerprint density at radius 1 is 1.10 bits per heavy atom. The van der Waals surface area contributed by atoms with E-state index in [2.05, 4.69) is 36.1 Å². The quantitative estimate of drug-likeness (QED) is 0.628. The van der Waals surface area contributed by atoms with Crippen LogP contribution in [0, 0.1) is 11.3 Å². The van der Waals surface area contributed by atoms with Crippen LogP contribution in [0.3, 0.4) is 0 Å². The Morgan fingerprint density at radius 3 is 2.66 bits per heavy atom. The third-order valence-electron chi connectivity index (χ3n) is 5.11. The third kappa shape index (κ3) is 4.56. The Morgan fingerprint density at radius 2 is 1.90 bits per heavy atom. The molecule has 1 fully saturated rings. The fourth-order valence-electron chi connectivity index (χ4n) is 3.58. The standard InChI is InChI=1S/C21H22ClN7/c22-17-3-4-19-18(13-17)20(16(14-23)15-27-19)24-7-2-8-28-9-11-29(12-10-28)21-25-5-1-6-26-21/h1,3-6,13,15H,2,7-12H2,(H,24,27). The van der Waals surface area contributed by atoms with Crippen LogP contribution in [-0.2, 0) is 0 Å². The maximum atomic E-state index is 9.44. The van der Waals surface area contributed by atoms with Gasteiger partial charge in [0.15, 0.2) is 0 Å². The number of nitrogens with one attached hydrogen (secondary N) is 1. The average molecular weight is 408 g/mol. The molecule has 0 saturated carbocycles. The SMILES string of the molecule is N#Cc1cnc2ccc(Cl)cc2c1NCCCN1CCN(c2ncccn2)CC1. The lowest BCUT2D eigenvalue weighted by Crippen LogP contribution is -2.47. The number of benzene rings is 1. The molecule has 3 heterocycles. The molecule has 4 rings (SSSR count). The molecule has 1 saturated heterocycles. The van der Waals surface area contributed by atoms with Gasteiger partial charge in [0.1, 0.15) is 6.07 Å². The summed E-state index contributed by atoms with van der Waals surface area (Å²) in [6.07, 6.45) is 6.16. The highest BCUT2D eigenvalue weighted by atomic mass is 35.5. The molecule has 3 aromatic rings. The minimum absolute atomic E-state index is 0.538. The van der Waals surface area contributed by atoms with Crippen LogP contribution in [0.4, 0.5) is 11.6 Å². The molecule has 7 nitrogen and oxygen atoms in total. The van der Waals surface area contributed by atoms with E-state index < -0.39 is 0 Å². The fourth-order valence-corrected chi connectivity index (χ4v) is 3.75. The lowest BCUT2D eigenvalue weighted by molar-refractivity contribution is 0.256. The van der Waals surface area contributed by atoms with Crippen molar-refractivity contribution in [2.75, 3.05) is 49.5 Å². The number of pyridine rings is 1. The second-order valence-electron chi connectivity index (χ2n) is 6.98. The second kappa shape index (κ2) is 9.03. The largest absolute Gasteiger partial charge is 0.383 e. The number of aromatic nitrogens is 3. The lowest BCUT2D eigenvalue weighted by atomic mass is 10.1. The molecule has 0 amide bonds. The van der Waals surface area contributed by atoms with Crippen LogP contribution in [0.25, 0.3) is 10.9 Å². The Kier molecular flexibility index (Phi) is 6.03. The van der Waals surface area contributed by atoms with Gasteiger partial charge in [-0.15, -0.1) is 0 Å². The van der Waals surface area contributed by atoms with Gasteiger partial charge in [-0.25, -0.2) is 9.97 Å². The van der Waals surface area contributed by atoms with Crippen molar-refractivity contribution in [1.29, 1.82) is 5.26 Å². The smallest absolute Gasteiger partial charge is 0.225 e. The van der Waals surface area contributed by atoms with Crippen molar-refractivity contribution in [3.63, 3.8) is 0 Å². The summed E-state index contributed by atoms with van der Waals surface area (Å²) in [5.74, 6) is 0.807. The van der Waals surface area contributed by atoms with E-state index in [1.165, 1.54) is 0 Å². The van der Waals surface area contributed by atoms with Crippen molar-refractivity contribution in [1.82, 2.24) is 19.9 Å². The molecule has 0 radical (unpaired) electrons. The topological polar surface area (TPSA) is 81.0 Å². The van der Waals surface area contributed by atoms with Crippen molar-refractivity contribution in [2.45, 2.75) is 6.42 Å². The zero-order valence-corrected chi connectivity index (χ0v) is 16.8. The van der Waals surface area contributed by atoms with E-state index in [1.807, 2.05) is 24.3 Å². The van der Waals surface area contributed by atoms with Crippen LogP contribution in [-0.4, -0.2) is 59.1 Å². The van der Waals surface area contributed by atoms with Gasteiger partial charge in [0, 0.05) is 61.7 Å². The average Bonchev–Trinajstić information content (AvgIpc) is 2.77. The van der Waals surface area contributed by atoms with E-state index >= 15 is 0 Å². The van der Waals surface area contributed by atoms with Crippen molar-refractivity contribution >= 4 is 34.1 Å². The van der Waals surface area contributed by atoms with Gasteiger partial charge in [0.25, 0.3) is 0 Å². The normalized spacial score (nSPS) is 14.7. The molecule has 0 aliphatic carbocycles. The molecule has 148 valence electrons. The molecule has 0 atom stereocenters. The van der Waals surface area contributed by atoms with E-state index in [0.29, 0.717) is 10.6 Å². The highest BCUT2D eigenvalue weighted by Crippen LogP contribution is 2.28. The monoisotopic (exact) mass is 407 g/mol. The van der Waals surface area contributed by atoms with Crippen molar-refractivity contribution < 1.29 is 0 Å². The highest BCUT2D eigenvalue weighted by molar-refractivity contribution is 6.31. The summed E-state index contributed by atoms with van der Waals surface area (Å²) < 4.78 is 0. The number of fused-ring (bicyclic) bond motifs is 1. The first-order valence-electron chi connectivity index (χ1n) is 9.71. The molecule has 0 unspecified atom stereocenters. The molecule has 1 N–H and O–H groups in total. The Hall–Kier alpha value is -2.95. The van der Waals surface area contributed by atoms with E-state index in [1.54, 1.807) is 18.6 Å². The third-order valence-corrected chi connectivity index (χ3v) is 5.35. The zero-order chi connectivity index (χ0) is 20.1. The second-order valence-corrected chi connectivity index (χ2v) is 7.41. The van der Waals surface area contributed by atoms with Crippen molar-refractivity contribution in [3.8, 4) is 6.07 Å². The Balaban J connectivity index is 1.30. The number of nitriles is 1. The van der Waals surface area contributed by atoms with Crippen LogP contribution in [0.1, 0.15) is 12.0 Å². The summed E-state index contributed by atoms with van der Waals surface area (Å²) in [4.78, 5) is 17.7. The van der Waals surface area contributed by atoms with E-state index in [9.17, 15) is 5.26 Å². The van der Waals surface area contributed by atoms with E-state index in [4.69, 9.17) is 11.6 Å². The molecule has 0 bridgehead atoms. The van der Waals surface area contributed by atoms with Gasteiger partial charge in [-0.1, -0.05) is 11.6 Å². The maximum Gasteiger partial charge on any atom is 0.225 e. The van der Waals surface area contributed by atoms with Crippen molar-refractivity contribution in [2.24, 2.45) is 0 Å². The first-order valence-corrected chi connectivity index (χ1v) is 10.1. The number of piperazine rings is 1.